The topological polar surface area (TPSA) is 21.7 Å². The Morgan fingerprint density at radius 2 is 2.21 bits per heavy atom. The fourth-order valence-electron chi connectivity index (χ4n) is 2.98. The predicted octanol–water partition coefficient (Wildman–Crippen LogP) is 3.21. The molecule has 2 atom stereocenters. The van der Waals surface area contributed by atoms with E-state index in [1.54, 1.807) is 0 Å². The molecule has 1 aromatic carbocycles. The second-order valence-corrected chi connectivity index (χ2v) is 6.35. The molecule has 4 heteroatoms. The summed E-state index contributed by atoms with van der Waals surface area (Å²) in [5.41, 5.74) is 1.29. The normalized spacial score (nSPS) is 28.3. The molecule has 0 spiro atoms. The molecule has 104 valence electrons. The lowest BCUT2D eigenvalue weighted by Gasteiger charge is -2.35. The monoisotopic (exact) mass is 325 g/mol. The van der Waals surface area contributed by atoms with E-state index >= 15 is 0 Å². The van der Waals surface area contributed by atoms with Crippen molar-refractivity contribution in [1.82, 2.24) is 4.90 Å². The first-order chi connectivity index (χ1) is 9.22. The number of ether oxygens (including phenoxy) is 2. The third-order valence-corrected chi connectivity index (χ3v) is 4.51. The second-order valence-electron chi connectivity index (χ2n) is 5.43. The van der Waals surface area contributed by atoms with Crippen LogP contribution in [0.1, 0.15) is 25.3 Å². The van der Waals surface area contributed by atoms with Crippen molar-refractivity contribution in [1.29, 1.82) is 0 Å². The molecule has 1 saturated heterocycles. The van der Waals surface area contributed by atoms with Crippen molar-refractivity contribution in [3.63, 3.8) is 0 Å². The van der Waals surface area contributed by atoms with E-state index in [2.05, 4.69) is 46.0 Å². The number of hydrogen-bond donors (Lipinski definition) is 0. The number of nitrogens with zero attached hydrogens (tertiary/aromatic N) is 1. The zero-order valence-corrected chi connectivity index (χ0v) is 12.9. The molecule has 2 heterocycles. The average molecular weight is 326 g/mol. The molecule has 0 aliphatic carbocycles. The Bertz CT molecular complexity index is 452. The highest BCUT2D eigenvalue weighted by Crippen LogP contribution is 2.29. The van der Waals surface area contributed by atoms with Gasteiger partial charge in [-0.2, -0.15) is 0 Å². The molecule has 3 rings (SSSR count). The summed E-state index contributed by atoms with van der Waals surface area (Å²) >= 11 is 3.51. The Balaban J connectivity index is 1.76. The van der Waals surface area contributed by atoms with Crippen LogP contribution in [0.5, 0.6) is 5.75 Å². The number of fused-ring (bicyclic) bond motifs is 1. The van der Waals surface area contributed by atoms with Gasteiger partial charge in [0.1, 0.15) is 12.4 Å². The fourth-order valence-corrected chi connectivity index (χ4v) is 3.32. The molecule has 2 aliphatic heterocycles. The van der Waals surface area contributed by atoms with Gasteiger partial charge in [-0.3, -0.25) is 4.90 Å². The number of rotatable bonds is 1. The Morgan fingerprint density at radius 3 is 3.05 bits per heavy atom. The third kappa shape index (κ3) is 3.12. The van der Waals surface area contributed by atoms with Crippen molar-refractivity contribution < 1.29 is 9.47 Å². The zero-order chi connectivity index (χ0) is 13.2. The molecule has 0 amide bonds. The maximum absolute atomic E-state index is 5.87. The van der Waals surface area contributed by atoms with Crippen LogP contribution >= 0.6 is 15.9 Å². The van der Waals surface area contributed by atoms with Crippen LogP contribution in [0.4, 0.5) is 0 Å². The molecule has 0 aromatic heterocycles. The molecule has 0 radical (unpaired) electrons. The van der Waals surface area contributed by atoms with Gasteiger partial charge in [-0.25, -0.2) is 0 Å². The van der Waals surface area contributed by atoms with Crippen molar-refractivity contribution in [3.05, 3.63) is 28.2 Å². The van der Waals surface area contributed by atoms with Crippen molar-refractivity contribution in [2.24, 2.45) is 0 Å². The van der Waals surface area contributed by atoms with Gasteiger partial charge in [-0.1, -0.05) is 22.0 Å². The lowest BCUT2D eigenvalue weighted by Crippen LogP contribution is -2.42. The molecule has 1 aromatic rings. The Kier molecular flexibility index (Phi) is 4.10. The molecule has 0 N–H and O–H groups in total. The Hall–Kier alpha value is -0.580. The maximum Gasteiger partial charge on any atom is 0.124 e. The van der Waals surface area contributed by atoms with Crippen LogP contribution in [0, 0.1) is 0 Å². The largest absolute Gasteiger partial charge is 0.492 e. The summed E-state index contributed by atoms with van der Waals surface area (Å²) in [5.74, 6) is 1.02. The zero-order valence-electron chi connectivity index (χ0n) is 11.3. The van der Waals surface area contributed by atoms with Gasteiger partial charge in [-0.05, 0) is 31.9 Å². The number of halogens is 1. The summed E-state index contributed by atoms with van der Waals surface area (Å²) in [5, 5.41) is 0. The molecular formula is C15H20BrNO2. The first-order valence-corrected chi connectivity index (χ1v) is 7.78. The van der Waals surface area contributed by atoms with Gasteiger partial charge in [0.15, 0.2) is 0 Å². The van der Waals surface area contributed by atoms with Crippen LogP contribution in [0.15, 0.2) is 22.7 Å². The summed E-state index contributed by atoms with van der Waals surface area (Å²) in [6.45, 7) is 5.82. The lowest BCUT2D eigenvalue weighted by atomic mass is 10.0. The van der Waals surface area contributed by atoms with E-state index in [-0.39, 0.29) is 0 Å². The average Bonchev–Trinajstić information content (AvgIpc) is 2.60. The standard InChI is InChI=1S/C15H20BrNO2/c1-11-8-14(4-6-18-11)17-5-7-19-15-9-13(16)3-2-12(15)10-17/h2-3,9,11,14H,4-8,10H2,1H3/t11-,14-/m1/s1. The van der Waals surface area contributed by atoms with Gasteiger partial charge in [0, 0.05) is 35.8 Å². The lowest BCUT2D eigenvalue weighted by molar-refractivity contribution is -0.0201. The molecule has 19 heavy (non-hydrogen) atoms. The first kappa shape index (κ1) is 13.4. The van der Waals surface area contributed by atoms with Crippen LogP contribution in [0.2, 0.25) is 0 Å². The summed E-state index contributed by atoms with van der Waals surface area (Å²) < 4.78 is 12.6. The van der Waals surface area contributed by atoms with Crippen molar-refractivity contribution in [2.75, 3.05) is 19.8 Å². The molecule has 2 aliphatic rings. The van der Waals surface area contributed by atoms with E-state index in [1.807, 2.05) is 0 Å². The molecule has 3 nitrogen and oxygen atoms in total. The first-order valence-electron chi connectivity index (χ1n) is 6.99. The van der Waals surface area contributed by atoms with E-state index in [0.29, 0.717) is 12.1 Å². The van der Waals surface area contributed by atoms with Crippen LogP contribution in [0.3, 0.4) is 0 Å². The summed E-state index contributed by atoms with van der Waals surface area (Å²) in [6.07, 6.45) is 2.65. The van der Waals surface area contributed by atoms with Crippen molar-refractivity contribution in [3.8, 4) is 5.75 Å². The highest BCUT2D eigenvalue weighted by molar-refractivity contribution is 9.10. The quantitative estimate of drug-likeness (QED) is 0.791. The van der Waals surface area contributed by atoms with E-state index in [0.717, 1.165) is 49.4 Å². The van der Waals surface area contributed by atoms with E-state index < -0.39 is 0 Å². The minimum Gasteiger partial charge on any atom is -0.492 e. The number of benzene rings is 1. The van der Waals surface area contributed by atoms with Crippen LogP contribution in [0.25, 0.3) is 0 Å². The SMILES string of the molecule is C[C@@H]1C[C@H](N2CCOc3cc(Br)ccc3C2)CCO1. The molecular weight excluding hydrogens is 306 g/mol. The van der Waals surface area contributed by atoms with E-state index in [9.17, 15) is 0 Å². The third-order valence-electron chi connectivity index (χ3n) is 4.01. The highest BCUT2D eigenvalue weighted by atomic mass is 79.9. The number of hydrogen-bond acceptors (Lipinski definition) is 3. The maximum atomic E-state index is 5.87. The fraction of sp³-hybridized carbons (Fsp3) is 0.600. The van der Waals surface area contributed by atoms with Gasteiger partial charge in [0.2, 0.25) is 0 Å². The minimum atomic E-state index is 0.382. The van der Waals surface area contributed by atoms with Crippen LogP contribution in [-0.2, 0) is 11.3 Å². The summed E-state index contributed by atoms with van der Waals surface area (Å²) in [4.78, 5) is 2.55. The van der Waals surface area contributed by atoms with Gasteiger partial charge in [0.05, 0.1) is 6.10 Å². The second kappa shape index (κ2) is 5.81. The van der Waals surface area contributed by atoms with E-state index in [1.165, 1.54) is 5.56 Å². The minimum absolute atomic E-state index is 0.382. The summed E-state index contributed by atoms with van der Waals surface area (Å²) in [7, 11) is 0. The molecule has 0 bridgehead atoms. The van der Waals surface area contributed by atoms with Crippen molar-refractivity contribution in [2.45, 2.75) is 38.5 Å². The predicted molar refractivity (Wildman–Crippen MR) is 78.5 cm³/mol. The Morgan fingerprint density at radius 1 is 1.32 bits per heavy atom. The molecule has 0 saturated carbocycles. The van der Waals surface area contributed by atoms with Gasteiger partial charge >= 0.3 is 0 Å². The van der Waals surface area contributed by atoms with Gasteiger partial charge in [-0.15, -0.1) is 0 Å². The Labute approximate surface area is 123 Å². The molecule has 1 fully saturated rings. The van der Waals surface area contributed by atoms with Crippen molar-refractivity contribution >= 4 is 15.9 Å². The van der Waals surface area contributed by atoms with Gasteiger partial charge in [0.25, 0.3) is 0 Å². The summed E-state index contributed by atoms with van der Waals surface area (Å²) in [6, 6.07) is 6.96. The van der Waals surface area contributed by atoms with Crippen LogP contribution < -0.4 is 4.74 Å². The van der Waals surface area contributed by atoms with Gasteiger partial charge < -0.3 is 9.47 Å². The van der Waals surface area contributed by atoms with E-state index in [4.69, 9.17) is 9.47 Å². The highest BCUT2D eigenvalue weighted by Gasteiger charge is 2.27. The van der Waals surface area contributed by atoms with Crippen LogP contribution in [-0.4, -0.2) is 36.8 Å². The molecule has 0 unspecified atom stereocenters. The smallest absolute Gasteiger partial charge is 0.124 e.